The van der Waals surface area contributed by atoms with Gasteiger partial charge in [-0.3, -0.25) is 0 Å². The molecule has 0 bridgehead atoms. The van der Waals surface area contributed by atoms with Crippen LogP contribution in [0.2, 0.25) is 0 Å². The second-order valence-corrected chi connectivity index (χ2v) is 7.90. The maximum atomic E-state index is 9.61. The van der Waals surface area contributed by atoms with Crippen LogP contribution < -0.4 is 0 Å². The van der Waals surface area contributed by atoms with Gasteiger partial charge in [0.05, 0.1) is 11.5 Å². The highest BCUT2D eigenvalue weighted by Gasteiger charge is 2.38. The quantitative estimate of drug-likeness (QED) is 0.548. The van der Waals surface area contributed by atoms with Gasteiger partial charge in [-0.2, -0.15) is 5.26 Å². The zero-order valence-electron chi connectivity index (χ0n) is 14.4. The highest BCUT2D eigenvalue weighted by Crippen LogP contribution is 2.47. The van der Waals surface area contributed by atoms with Crippen LogP contribution in [-0.4, -0.2) is 0 Å². The summed E-state index contributed by atoms with van der Waals surface area (Å²) in [4.78, 5) is 0. The molecule has 2 saturated carbocycles. The van der Waals surface area contributed by atoms with Gasteiger partial charge in [0.15, 0.2) is 0 Å². The van der Waals surface area contributed by atoms with Crippen LogP contribution >= 0.6 is 0 Å². The Balaban J connectivity index is 1.78. The first-order chi connectivity index (χ1) is 10.2. The van der Waals surface area contributed by atoms with E-state index < -0.39 is 0 Å². The maximum absolute atomic E-state index is 9.61. The van der Waals surface area contributed by atoms with E-state index in [4.69, 9.17) is 0 Å². The lowest BCUT2D eigenvalue weighted by atomic mass is 9.63. The van der Waals surface area contributed by atoms with E-state index in [-0.39, 0.29) is 5.41 Å². The van der Waals surface area contributed by atoms with Crippen molar-refractivity contribution in [3.63, 3.8) is 0 Å². The van der Waals surface area contributed by atoms with Gasteiger partial charge < -0.3 is 0 Å². The molecule has 2 rings (SSSR count). The van der Waals surface area contributed by atoms with E-state index in [1.807, 2.05) is 0 Å². The average Bonchev–Trinajstić information content (AvgIpc) is 2.55. The predicted octanol–water partition coefficient (Wildman–Crippen LogP) is 6.48. The molecule has 0 amide bonds. The Morgan fingerprint density at radius 1 is 0.905 bits per heavy atom. The van der Waals surface area contributed by atoms with Crippen LogP contribution in [0, 0.1) is 34.5 Å². The number of hydrogen-bond acceptors (Lipinski definition) is 1. The lowest BCUT2D eigenvalue weighted by molar-refractivity contribution is 0.115. The number of nitriles is 1. The molecule has 2 aliphatic carbocycles. The second kappa shape index (κ2) is 8.21. The Morgan fingerprint density at radius 2 is 1.52 bits per heavy atom. The van der Waals surface area contributed by atoms with Gasteiger partial charge in [0.2, 0.25) is 0 Å². The highest BCUT2D eigenvalue weighted by atomic mass is 14.4. The summed E-state index contributed by atoms with van der Waals surface area (Å²) in [6.07, 6.45) is 17.4. The van der Waals surface area contributed by atoms with E-state index in [1.54, 1.807) is 0 Å². The zero-order valence-corrected chi connectivity index (χ0v) is 14.4. The number of rotatable bonds is 6. The topological polar surface area (TPSA) is 23.8 Å². The maximum Gasteiger partial charge on any atom is 0.0689 e. The van der Waals surface area contributed by atoms with Crippen LogP contribution in [-0.2, 0) is 0 Å². The molecule has 21 heavy (non-hydrogen) atoms. The van der Waals surface area contributed by atoms with Crippen molar-refractivity contribution in [2.75, 3.05) is 0 Å². The summed E-state index contributed by atoms with van der Waals surface area (Å²) in [6, 6.07) is 2.70. The number of nitrogens with zero attached hydrogens (tertiary/aromatic N) is 1. The molecule has 0 aromatic heterocycles. The fourth-order valence-corrected chi connectivity index (χ4v) is 4.95. The molecule has 0 saturated heterocycles. The van der Waals surface area contributed by atoms with Gasteiger partial charge in [0.25, 0.3) is 0 Å². The van der Waals surface area contributed by atoms with E-state index in [0.717, 1.165) is 24.2 Å². The summed E-state index contributed by atoms with van der Waals surface area (Å²) < 4.78 is 0. The van der Waals surface area contributed by atoms with E-state index in [0.29, 0.717) is 0 Å². The largest absolute Gasteiger partial charge is 0.198 e. The van der Waals surface area contributed by atoms with Gasteiger partial charge in [0, 0.05) is 0 Å². The van der Waals surface area contributed by atoms with Crippen LogP contribution in [0.3, 0.4) is 0 Å². The molecule has 0 atom stereocenters. The fraction of sp³-hybridized carbons (Fsp3) is 0.950. The summed E-state index contributed by atoms with van der Waals surface area (Å²) in [5.74, 6) is 2.95. The molecule has 0 aromatic rings. The van der Waals surface area contributed by atoms with E-state index in [2.05, 4.69) is 19.9 Å². The summed E-state index contributed by atoms with van der Waals surface area (Å²) in [5, 5.41) is 9.61. The first kappa shape index (κ1) is 16.9. The summed E-state index contributed by atoms with van der Waals surface area (Å²) in [6.45, 7) is 4.57. The average molecular weight is 290 g/mol. The van der Waals surface area contributed by atoms with Gasteiger partial charge >= 0.3 is 0 Å². The van der Waals surface area contributed by atoms with Crippen LogP contribution in [0.5, 0.6) is 0 Å². The highest BCUT2D eigenvalue weighted by molar-refractivity contribution is 5.02. The molecule has 0 heterocycles. The monoisotopic (exact) mass is 289 g/mol. The Kier molecular flexibility index (Phi) is 6.59. The first-order valence-corrected chi connectivity index (χ1v) is 9.64. The molecular formula is C20H35N. The third-order valence-corrected chi connectivity index (χ3v) is 6.49. The normalized spacial score (nSPS) is 37.1. The van der Waals surface area contributed by atoms with Crippen molar-refractivity contribution < 1.29 is 0 Å². The minimum absolute atomic E-state index is 0.0475. The van der Waals surface area contributed by atoms with E-state index >= 15 is 0 Å². The summed E-state index contributed by atoms with van der Waals surface area (Å²) in [5.41, 5.74) is 0.0475. The van der Waals surface area contributed by atoms with Crippen molar-refractivity contribution in [1.82, 2.24) is 0 Å². The SMILES string of the molecule is CCCC[C@]1(C#N)CC[C@@H](C2CCC(CCC)CC2)CC1. The molecule has 2 aliphatic rings. The number of unbranched alkanes of at least 4 members (excludes halogenated alkanes) is 1. The molecular weight excluding hydrogens is 254 g/mol. The molecule has 1 nitrogen and oxygen atoms in total. The molecule has 2 fully saturated rings. The Labute approximate surface area is 132 Å². The lowest BCUT2D eigenvalue weighted by Crippen LogP contribution is -2.31. The minimum atomic E-state index is 0.0475. The minimum Gasteiger partial charge on any atom is -0.198 e. The third kappa shape index (κ3) is 4.48. The molecule has 0 aromatic carbocycles. The van der Waals surface area contributed by atoms with Gasteiger partial charge in [-0.1, -0.05) is 52.4 Å². The van der Waals surface area contributed by atoms with Crippen LogP contribution in [0.4, 0.5) is 0 Å². The third-order valence-electron chi connectivity index (χ3n) is 6.49. The number of hydrogen-bond donors (Lipinski definition) is 0. The standard InChI is InChI=1S/C20H35N/c1-3-5-13-20(16-21)14-11-19(12-15-20)18-9-7-17(6-4-2)8-10-18/h17-19H,3-15H2,1-2H3/t17?,18?,19-,20+. The van der Waals surface area contributed by atoms with Gasteiger partial charge in [-0.05, 0) is 62.7 Å². The zero-order chi connectivity index (χ0) is 15.1. The van der Waals surface area contributed by atoms with Crippen LogP contribution in [0.25, 0.3) is 0 Å². The lowest BCUT2D eigenvalue weighted by Gasteiger charge is -2.40. The molecule has 0 aliphatic heterocycles. The van der Waals surface area contributed by atoms with E-state index in [9.17, 15) is 5.26 Å². The molecule has 1 heteroatoms. The smallest absolute Gasteiger partial charge is 0.0689 e. The van der Waals surface area contributed by atoms with Gasteiger partial charge in [-0.25, -0.2) is 0 Å². The summed E-state index contributed by atoms with van der Waals surface area (Å²) >= 11 is 0. The van der Waals surface area contributed by atoms with Crippen molar-refractivity contribution in [2.45, 2.75) is 97.3 Å². The first-order valence-electron chi connectivity index (χ1n) is 9.64. The Bertz CT molecular complexity index is 324. The van der Waals surface area contributed by atoms with Crippen molar-refractivity contribution in [3.05, 3.63) is 0 Å². The van der Waals surface area contributed by atoms with Crippen molar-refractivity contribution in [2.24, 2.45) is 23.2 Å². The fourth-order valence-electron chi connectivity index (χ4n) is 4.95. The molecule has 0 unspecified atom stereocenters. The Hall–Kier alpha value is -0.510. The predicted molar refractivity (Wildman–Crippen MR) is 89.9 cm³/mol. The second-order valence-electron chi connectivity index (χ2n) is 7.90. The van der Waals surface area contributed by atoms with E-state index in [1.165, 1.54) is 77.0 Å². The molecule has 0 N–H and O–H groups in total. The molecule has 120 valence electrons. The molecule has 0 radical (unpaired) electrons. The summed E-state index contributed by atoms with van der Waals surface area (Å²) in [7, 11) is 0. The van der Waals surface area contributed by atoms with Crippen molar-refractivity contribution in [3.8, 4) is 6.07 Å². The van der Waals surface area contributed by atoms with Crippen LogP contribution in [0.1, 0.15) is 97.3 Å². The van der Waals surface area contributed by atoms with Crippen LogP contribution in [0.15, 0.2) is 0 Å². The van der Waals surface area contributed by atoms with Crippen molar-refractivity contribution >= 4 is 0 Å². The molecule has 0 spiro atoms. The van der Waals surface area contributed by atoms with Gasteiger partial charge in [-0.15, -0.1) is 0 Å². The Morgan fingerprint density at radius 3 is 2.05 bits per heavy atom. The van der Waals surface area contributed by atoms with Crippen molar-refractivity contribution in [1.29, 1.82) is 5.26 Å². The van der Waals surface area contributed by atoms with Gasteiger partial charge in [0.1, 0.15) is 0 Å².